The number of ether oxygens (including phenoxy) is 1. The van der Waals surface area contributed by atoms with Crippen molar-refractivity contribution in [3.8, 4) is 11.5 Å². The van der Waals surface area contributed by atoms with Crippen molar-refractivity contribution in [3.63, 3.8) is 0 Å². The van der Waals surface area contributed by atoms with E-state index in [1.807, 2.05) is 0 Å². The quantitative estimate of drug-likeness (QED) is 0.471. The minimum Gasteiger partial charge on any atom is -0.444 e. The smallest absolute Gasteiger partial charge is 0.277 e. The number of hydrogen-bond donors (Lipinski definition) is 3. The normalized spacial score (nSPS) is 14.4. The molecule has 1 aliphatic rings. The van der Waals surface area contributed by atoms with Gasteiger partial charge in [-0.05, 0) is 30.9 Å². The van der Waals surface area contributed by atoms with Crippen molar-refractivity contribution in [2.75, 3.05) is 30.4 Å². The number of oxazole rings is 1. The molecule has 2 amide bonds. The van der Waals surface area contributed by atoms with Crippen LogP contribution in [0.15, 0.2) is 35.2 Å². The van der Waals surface area contributed by atoms with E-state index in [2.05, 4.69) is 39.5 Å². The molecule has 4 heterocycles. The van der Waals surface area contributed by atoms with Crippen LogP contribution in [0.25, 0.3) is 11.5 Å². The number of aromatic nitrogens is 4. The van der Waals surface area contributed by atoms with E-state index in [0.29, 0.717) is 30.5 Å². The largest absolute Gasteiger partial charge is 0.444 e. The Kier molecular flexibility index (Phi) is 6.68. The van der Waals surface area contributed by atoms with E-state index < -0.39 is 11.8 Å². The summed E-state index contributed by atoms with van der Waals surface area (Å²) in [6, 6.07) is 3.63. The van der Waals surface area contributed by atoms with Crippen molar-refractivity contribution in [2.24, 2.45) is 11.7 Å². The molecule has 3 aromatic heterocycles. The highest BCUT2D eigenvalue weighted by Gasteiger charge is 2.23. The van der Waals surface area contributed by atoms with E-state index >= 15 is 0 Å². The maximum absolute atomic E-state index is 12.8. The minimum atomic E-state index is -0.727. The molecular formula is C22H27N7O4. The average Bonchev–Trinajstić information content (AvgIpc) is 3.46. The summed E-state index contributed by atoms with van der Waals surface area (Å²) in [5, 5.41) is 10.2. The Morgan fingerprint density at radius 1 is 1.30 bits per heavy atom. The number of pyridine rings is 1. The van der Waals surface area contributed by atoms with Crippen LogP contribution >= 0.6 is 0 Å². The summed E-state index contributed by atoms with van der Waals surface area (Å²) in [6.45, 7) is 6.21. The predicted molar refractivity (Wildman–Crippen MR) is 121 cm³/mol. The first-order valence-corrected chi connectivity index (χ1v) is 10.8. The monoisotopic (exact) mass is 453 g/mol. The van der Waals surface area contributed by atoms with Crippen molar-refractivity contribution in [1.82, 2.24) is 19.7 Å². The standard InChI is InChI=1S/C22H27N7O4/c1-13(2)10-25-18-9-14(3-6-24-18)22-27-17(12-33-22)21(31)26-16-11-29(28-19(16)20(23)30)15-4-7-32-8-5-15/h3,6,9,11-13,15H,4-5,7-8,10H2,1-2H3,(H2,23,30)(H,24,25)(H,26,31). The predicted octanol–water partition coefficient (Wildman–Crippen LogP) is 2.70. The fraction of sp³-hybridized carbons (Fsp3) is 0.409. The van der Waals surface area contributed by atoms with Crippen molar-refractivity contribution < 1.29 is 18.7 Å². The number of hydrogen-bond acceptors (Lipinski definition) is 8. The van der Waals surface area contributed by atoms with Crippen LogP contribution in [0.5, 0.6) is 0 Å². The molecule has 0 unspecified atom stereocenters. The Bertz CT molecular complexity index is 1130. The van der Waals surface area contributed by atoms with Crippen LogP contribution in [-0.2, 0) is 4.74 Å². The van der Waals surface area contributed by atoms with Gasteiger partial charge in [-0.3, -0.25) is 14.3 Å². The third-order valence-electron chi connectivity index (χ3n) is 5.21. The Morgan fingerprint density at radius 3 is 2.82 bits per heavy atom. The van der Waals surface area contributed by atoms with E-state index in [9.17, 15) is 9.59 Å². The lowest BCUT2D eigenvalue weighted by Crippen LogP contribution is -2.21. The van der Waals surface area contributed by atoms with Gasteiger partial charge in [0, 0.05) is 37.7 Å². The lowest BCUT2D eigenvalue weighted by Gasteiger charge is -2.22. The lowest BCUT2D eigenvalue weighted by atomic mass is 10.1. The first-order valence-electron chi connectivity index (χ1n) is 10.8. The molecule has 11 nitrogen and oxygen atoms in total. The second-order valence-corrected chi connectivity index (χ2v) is 8.28. The van der Waals surface area contributed by atoms with E-state index in [4.69, 9.17) is 14.9 Å². The van der Waals surface area contributed by atoms with Gasteiger partial charge in [-0.25, -0.2) is 9.97 Å². The fourth-order valence-corrected chi connectivity index (χ4v) is 3.47. The van der Waals surface area contributed by atoms with Gasteiger partial charge in [0.15, 0.2) is 11.4 Å². The van der Waals surface area contributed by atoms with Crippen LogP contribution in [0.1, 0.15) is 53.7 Å². The number of carbonyl (C=O) groups excluding carboxylic acids is 2. The SMILES string of the molecule is CC(C)CNc1cc(-c2nc(C(=O)Nc3cn(C4CCOCC4)nc3C(N)=O)co2)ccn1. The van der Waals surface area contributed by atoms with Gasteiger partial charge in [0.2, 0.25) is 5.89 Å². The third-order valence-corrected chi connectivity index (χ3v) is 5.21. The van der Waals surface area contributed by atoms with Gasteiger partial charge in [0.1, 0.15) is 12.1 Å². The number of primary amides is 1. The number of nitrogens with one attached hydrogen (secondary N) is 2. The number of nitrogens with two attached hydrogens (primary N) is 1. The molecule has 4 N–H and O–H groups in total. The molecule has 0 spiro atoms. The second kappa shape index (κ2) is 9.82. The summed E-state index contributed by atoms with van der Waals surface area (Å²) in [5.74, 6) is 0.176. The Morgan fingerprint density at radius 2 is 2.09 bits per heavy atom. The molecular weight excluding hydrogens is 426 g/mol. The summed E-state index contributed by atoms with van der Waals surface area (Å²) in [6.07, 6.45) is 6.05. The van der Waals surface area contributed by atoms with Crippen LogP contribution in [0.3, 0.4) is 0 Å². The maximum atomic E-state index is 12.8. The van der Waals surface area contributed by atoms with Crippen molar-refractivity contribution >= 4 is 23.3 Å². The first-order chi connectivity index (χ1) is 15.9. The molecule has 174 valence electrons. The van der Waals surface area contributed by atoms with Gasteiger partial charge in [0.25, 0.3) is 11.8 Å². The second-order valence-electron chi connectivity index (χ2n) is 8.28. The Labute approximate surface area is 190 Å². The van der Waals surface area contributed by atoms with Crippen LogP contribution in [0.2, 0.25) is 0 Å². The molecule has 0 radical (unpaired) electrons. The van der Waals surface area contributed by atoms with Gasteiger partial charge < -0.3 is 25.5 Å². The molecule has 0 atom stereocenters. The highest BCUT2D eigenvalue weighted by Crippen LogP contribution is 2.25. The van der Waals surface area contributed by atoms with E-state index in [-0.39, 0.29) is 29.0 Å². The summed E-state index contributed by atoms with van der Waals surface area (Å²) in [7, 11) is 0. The summed E-state index contributed by atoms with van der Waals surface area (Å²) in [4.78, 5) is 33.2. The lowest BCUT2D eigenvalue weighted by molar-refractivity contribution is 0.0661. The molecule has 11 heteroatoms. The van der Waals surface area contributed by atoms with E-state index in [0.717, 1.165) is 19.4 Å². The van der Waals surface area contributed by atoms with Crippen molar-refractivity contribution in [2.45, 2.75) is 32.7 Å². The Balaban J connectivity index is 1.49. The van der Waals surface area contributed by atoms with Gasteiger partial charge in [-0.15, -0.1) is 0 Å². The van der Waals surface area contributed by atoms with Gasteiger partial charge >= 0.3 is 0 Å². The van der Waals surface area contributed by atoms with E-state index in [1.165, 1.54) is 6.26 Å². The van der Waals surface area contributed by atoms with Crippen LogP contribution in [0, 0.1) is 5.92 Å². The van der Waals surface area contributed by atoms with Crippen molar-refractivity contribution in [1.29, 1.82) is 0 Å². The molecule has 4 rings (SSSR count). The van der Waals surface area contributed by atoms with Crippen LogP contribution < -0.4 is 16.4 Å². The number of amides is 2. The molecule has 1 aliphatic heterocycles. The van der Waals surface area contributed by atoms with Gasteiger partial charge in [-0.1, -0.05) is 13.8 Å². The molecule has 0 aromatic carbocycles. The number of rotatable bonds is 8. The summed E-state index contributed by atoms with van der Waals surface area (Å²) >= 11 is 0. The molecule has 0 aliphatic carbocycles. The zero-order chi connectivity index (χ0) is 23.4. The maximum Gasteiger partial charge on any atom is 0.277 e. The van der Waals surface area contributed by atoms with Crippen LogP contribution in [-0.4, -0.2) is 51.3 Å². The van der Waals surface area contributed by atoms with Crippen molar-refractivity contribution in [3.05, 3.63) is 42.2 Å². The van der Waals surface area contributed by atoms with Gasteiger partial charge in [-0.2, -0.15) is 5.10 Å². The molecule has 3 aromatic rings. The molecule has 0 bridgehead atoms. The molecule has 1 fully saturated rings. The highest BCUT2D eigenvalue weighted by atomic mass is 16.5. The summed E-state index contributed by atoms with van der Waals surface area (Å²) in [5.41, 5.74) is 6.44. The number of anilines is 2. The first kappa shape index (κ1) is 22.5. The average molecular weight is 454 g/mol. The van der Waals surface area contributed by atoms with E-state index in [1.54, 1.807) is 29.2 Å². The van der Waals surface area contributed by atoms with Gasteiger partial charge in [0.05, 0.1) is 11.7 Å². The molecule has 1 saturated heterocycles. The fourth-order valence-electron chi connectivity index (χ4n) is 3.47. The topological polar surface area (TPSA) is 150 Å². The highest BCUT2D eigenvalue weighted by molar-refractivity contribution is 6.07. The zero-order valence-electron chi connectivity index (χ0n) is 18.6. The number of nitrogens with zero attached hydrogens (tertiary/aromatic N) is 4. The molecule has 0 saturated carbocycles. The zero-order valence-corrected chi connectivity index (χ0v) is 18.6. The number of carbonyl (C=O) groups is 2. The Hall–Kier alpha value is -3.73. The summed E-state index contributed by atoms with van der Waals surface area (Å²) < 4.78 is 12.5. The van der Waals surface area contributed by atoms with Crippen LogP contribution in [0.4, 0.5) is 11.5 Å². The minimum absolute atomic E-state index is 0.00596. The molecule has 33 heavy (non-hydrogen) atoms. The third kappa shape index (κ3) is 5.37.